The molecule has 1 aromatic heterocycles. The van der Waals surface area contributed by atoms with E-state index in [1.807, 2.05) is 91.0 Å². The van der Waals surface area contributed by atoms with Crippen molar-refractivity contribution in [3.8, 4) is 0 Å². The maximum atomic E-state index is 13.2. The van der Waals surface area contributed by atoms with Crippen LogP contribution in [0.1, 0.15) is 26.3 Å². The zero-order valence-corrected chi connectivity index (χ0v) is 20.9. The SMILES string of the molecule is O=C1C(=Cc2ccc3cc(N(c4ccccc4)c4ccccn4)ccc3c2)C(=O)c2cc3ccccc3cc21. The van der Waals surface area contributed by atoms with Gasteiger partial charge in [0.15, 0.2) is 11.6 Å². The maximum absolute atomic E-state index is 13.2. The quantitative estimate of drug-likeness (QED) is 0.180. The van der Waals surface area contributed by atoms with E-state index in [-0.39, 0.29) is 17.1 Å². The number of allylic oxidation sites excluding steroid dienone is 1. The number of Topliss-reactive ketones (excluding diaryl/α,β-unsaturated/α-hetero) is 2. The Labute approximate surface area is 225 Å². The summed E-state index contributed by atoms with van der Waals surface area (Å²) in [4.78, 5) is 33.1. The van der Waals surface area contributed by atoms with E-state index in [2.05, 4.69) is 40.2 Å². The van der Waals surface area contributed by atoms with Gasteiger partial charge in [0.2, 0.25) is 0 Å². The van der Waals surface area contributed by atoms with E-state index in [4.69, 9.17) is 0 Å². The average molecular weight is 503 g/mol. The van der Waals surface area contributed by atoms with Gasteiger partial charge >= 0.3 is 0 Å². The lowest BCUT2D eigenvalue weighted by atomic mass is 10.0. The molecule has 0 N–H and O–H groups in total. The molecule has 4 heteroatoms. The Bertz CT molecular complexity index is 1850. The number of ketones is 2. The number of carbonyl (C=O) groups is 2. The second-order valence-electron chi connectivity index (χ2n) is 9.61. The summed E-state index contributed by atoms with van der Waals surface area (Å²) < 4.78 is 0. The monoisotopic (exact) mass is 502 g/mol. The molecule has 1 aliphatic rings. The molecule has 7 rings (SSSR count). The highest BCUT2D eigenvalue weighted by Gasteiger charge is 2.33. The van der Waals surface area contributed by atoms with Gasteiger partial charge in [0.25, 0.3) is 0 Å². The van der Waals surface area contributed by atoms with E-state index in [0.717, 1.165) is 44.3 Å². The van der Waals surface area contributed by atoms with E-state index in [9.17, 15) is 9.59 Å². The van der Waals surface area contributed by atoms with Gasteiger partial charge in [0.05, 0.1) is 5.57 Å². The van der Waals surface area contributed by atoms with Crippen molar-refractivity contribution in [1.29, 1.82) is 0 Å². The van der Waals surface area contributed by atoms with Gasteiger partial charge in [0, 0.05) is 28.7 Å². The Morgan fingerprint density at radius 3 is 1.85 bits per heavy atom. The second kappa shape index (κ2) is 9.19. The van der Waals surface area contributed by atoms with Gasteiger partial charge in [-0.05, 0) is 87.8 Å². The van der Waals surface area contributed by atoms with E-state index in [1.54, 1.807) is 12.3 Å². The molecule has 0 unspecified atom stereocenters. The number of rotatable bonds is 4. The third-order valence-electron chi connectivity index (χ3n) is 7.17. The van der Waals surface area contributed by atoms with E-state index in [0.29, 0.717) is 11.1 Å². The highest BCUT2D eigenvalue weighted by Crippen LogP contribution is 2.36. The Hall–Kier alpha value is -5.35. The summed E-state index contributed by atoms with van der Waals surface area (Å²) in [6.45, 7) is 0. The number of nitrogens with zero attached hydrogens (tertiary/aromatic N) is 2. The number of carbonyl (C=O) groups excluding carboxylic acids is 2. The largest absolute Gasteiger partial charge is 0.295 e. The fourth-order valence-corrected chi connectivity index (χ4v) is 5.26. The summed E-state index contributed by atoms with van der Waals surface area (Å²) in [7, 11) is 0. The zero-order valence-electron chi connectivity index (χ0n) is 20.9. The first-order valence-corrected chi connectivity index (χ1v) is 12.8. The van der Waals surface area contributed by atoms with Crippen molar-refractivity contribution in [1.82, 2.24) is 4.98 Å². The van der Waals surface area contributed by atoms with Crippen LogP contribution in [0, 0.1) is 0 Å². The van der Waals surface area contributed by atoms with E-state index in [1.165, 1.54) is 0 Å². The van der Waals surface area contributed by atoms with Gasteiger partial charge in [-0.15, -0.1) is 0 Å². The van der Waals surface area contributed by atoms with Gasteiger partial charge in [-0.1, -0.05) is 66.7 Å². The molecule has 0 atom stereocenters. The fourth-order valence-electron chi connectivity index (χ4n) is 5.26. The molecular weight excluding hydrogens is 480 g/mol. The number of anilines is 3. The smallest absolute Gasteiger partial charge is 0.197 e. The molecule has 1 aliphatic carbocycles. The predicted molar refractivity (Wildman–Crippen MR) is 157 cm³/mol. The summed E-state index contributed by atoms with van der Waals surface area (Å²) in [6, 6.07) is 39.7. The minimum Gasteiger partial charge on any atom is -0.295 e. The van der Waals surface area contributed by atoms with Crippen molar-refractivity contribution in [2.24, 2.45) is 0 Å². The average Bonchev–Trinajstić information content (AvgIpc) is 3.21. The number of aromatic nitrogens is 1. The Morgan fingerprint density at radius 2 is 1.15 bits per heavy atom. The molecule has 0 saturated carbocycles. The number of pyridine rings is 1. The standard InChI is InChI=1S/C35H22N2O2/c38-34-30-21-24-8-4-5-9-25(24)22-31(30)35(39)32(34)19-23-13-14-27-20-29(16-15-26(27)18-23)37(28-10-2-1-3-11-28)33-12-6-7-17-36-33/h1-22H. The zero-order chi connectivity index (χ0) is 26.3. The second-order valence-corrected chi connectivity index (χ2v) is 9.61. The third kappa shape index (κ3) is 3.99. The number of hydrogen-bond acceptors (Lipinski definition) is 4. The first-order chi connectivity index (χ1) is 19.2. The van der Waals surface area contributed by atoms with E-state index >= 15 is 0 Å². The number of hydrogen-bond donors (Lipinski definition) is 0. The van der Waals surface area contributed by atoms with Gasteiger partial charge in [-0.25, -0.2) is 4.98 Å². The molecule has 0 amide bonds. The molecular formula is C35H22N2O2. The topological polar surface area (TPSA) is 50.3 Å². The maximum Gasteiger partial charge on any atom is 0.197 e. The van der Waals surface area contributed by atoms with Crippen molar-refractivity contribution in [2.75, 3.05) is 4.90 Å². The van der Waals surface area contributed by atoms with Crippen LogP contribution in [0.2, 0.25) is 0 Å². The molecule has 184 valence electrons. The molecule has 39 heavy (non-hydrogen) atoms. The molecule has 0 fully saturated rings. The molecule has 6 aromatic rings. The van der Waals surface area contributed by atoms with Crippen LogP contribution in [-0.2, 0) is 0 Å². The van der Waals surface area contributed by atoms with Crippen molar-refractivity contribution >= 4 is 56.4 Å². The van der Waals surface area contributed by atoms with Crippen LogP contribution in [0.15, 0.2) is 133 Å². The molecule has 0 bridgehead atoms. The third-order valence-corrected chi connectivity index (χ3v) is 7.17. The van der Waals surface area contributed by atoms with Crippen LogP contribution in [0.3, 0.4) is 0 Å². The van der Waals surface area contributed by atoms with Gasteiger partial charge in [0.1, 0.15) is 5.82 Å². The number of benzene rings is 5. The van der Waals surface area contributed by atoms with Crippen molar-refractivity contribution in [3.63, 3.8) is 0 Å². The number of para-hydroxylation sites is 1. The molecule has 0 radical (unpaired) electrons. The summed E-state index contributed by atoms with van der Waals surface area (Å²) >= 11 is 0. The molecule has 0 spiro atoms. The molecule has 0 aliphatic heterocycles. The van der Waals surface area contributed by atoms with Crippen LogP contribution in [0.25, 0.3) is 27.6 Å². The van der Waals surface area contributed by atoms with Crippen LogP contribution in [0.5, 0.6) is 0 Å². The summed E-state index contributed by atoms with van der Waals surface area (Å²) in [5.74, 6) is 0.394. The fraction of sp³-hybridized carbons (Fsp3) is 0. The van der Waals surface area contributed by atoms with Gasteiger partial charge < -0.3 is 0 Å². The predicted octanol–water partition coefficient (Wildman–Crippen LogP) is 8.32. The summed E-state index contributed by atoms with van der Waals surface area (Å²) in [6.07, 6.45) is 3.51. The normalized spacial score (nSPS) is 12.7. The highest BCUT2D eigenvalue weighted by atomic mass is 16.2. The van der Waals surface area contributed by atoms with Crippen molar-refractivity contribution < 1.29 is 9.59 Å². The van der Waals surface area contributed by atoms with Crippen LogP contribution >= 0.6 is 0 Å². The molecule has 0 saturated heterocycles. The van der Waals surface area contributed by atoms with E-state index < -0.39 is 0 Å². The van der Waals surface area contributed by atoms with Gasteiger partial charge in [-0.2, -0.15) is 0 Å². The summed E-state index contributed by atoms with van der Waals surface area (Å²) in [5.41, 5.74) is 3.98. The van der Waals surface area contributed by atoms with Crippen LogP contribution in [0.4, 0.5) is 17.2 Å². The van der Waals surface area contributed by atoms with Crippen LogP contribution < -0.4 is 4.90 Å². The first kappa shape index (κ1) is 22.8. The first-order valence-electron chi connectivity index (χ1n) is 12.8. The van der Waals surface area contributed by atoms with Crippen molar-refractivity contribution in [2.45, 2.75) is 0 Å². The van der Waals surface area contributed by atoms with Gasteiger partial charge in [-0.3, -0.25) is 14.5 Å². The van der Waals surface area contributed by atoms with Crippen LogP contribution in [-0.4, -0.2) is 16.6 Å². The lowest BCUT2D eigenvalue weighted by molar-refractivity contribution is 0.0990. The lowest BCUT2D eigenvalue weighted by Crippen LogP contribution is -2.11. The molecule has 4 nitrogen and oxygen atoms in total. The lowest BCUT2D eigenvalue weighted by Gasteiger charge is -2.24. The Kier molecular flexibility index (Phi) is 5.38. The molecule has 1 heterocycles. The number of fused-ring (bicyclic) bond motifs is 3. The minimum absolute atomic E-state index is 0.210. The Balaban J connectivity index is 1.26. The summed E-state index contributed by atoms with van der Waals surface area (Å²) in [5, 5.41) is 3.97. The highest BCUT2D eigenvalue weighted by molar-refractivity contribution is 6.42. The molecule has 5 aromatic carbocycles. The van der Waals surface area contributed by atoms with Crippen molar-refractivity contribution in [3.05, 3.63) is 150 Å². The Morgan fingerprint density at radius 1 is 0.538 bits per heavy atom. The minimum atomic E-state index is -0.218.